The van der Waals surface area contributed by atoms with Gasteiger partial charge in [0.05, 0.1) is 5.52 Å². The van der Waals surface area contributed by atoms with Crippen molar-refractivity contribution in [2.45, 2.75) is 0 Å². The number of benzene rings is 3. The number of pyridine rings is 1. The Balaban J connectivity index is 1.86. The highest BCUT2D eigenvalue weighted by Crippen LogP contribution is 2.53. The molecule has 4 N–H and O–H groups in total. The van der Waals surface area contributed by atoms with Gasteiger partial charge >= 0.3 is 0 Å². The van der Waals surface area contributed by atoms with Crippen LogP contribution in [0, 0.1) is 0 Å². The Labute approximate surface area is 160 Å². The summed E-state index contributed by atoms with van der Waals surface area (Å²) in [5, 5.41) is 41.5. The van der Waals surface area contributed by atoms with Crippen molar-refractivity contribution >= 4 is 22.6 Å². The fraction of sp³-hybridized carbons (Fsp3) is 0. The maximum absolute atomic E-state index is 10.6. The molecule has 0 saturated heterocycles. The van der Waals surface area contributed by atoms with Crippen molar-refractivity contribution in [1.82, 2.24) is 4.98 Å². The number of para-hydroxylation sites is 1. The smallest absolute Gasteiger partial charge is 0.166 e. The fourth-order valence-corrected chi connectivity index (χ4v) is 3.78. The third-order valence-electron chi connectivity index (χ3n) is 5.10. The van der Waals surface area contributed by atoms with Crippen molar-refractivity contribution < 1.29 is 20.4 Å². The van der Waals surface area contributed by atoms with E-state index in [4.69, 9.17) is 0 Å². The van der Waals surface area contributed by atoms with Gasteiger partial charge in [-0.3, -0.25) is 4.98 Å². The van der Waals surface area contributed by atoms with Gasteiger partial charge in [0.25, 0.3) is 0 Å². The number of aromatic nitrogens is 1. The van der Waals surface area contributed by atoms with Crippen LogP contribution in [-0.4, -0.2) is 25.4 Å². The molecule has 1 aromatic heterocycles. The molecule has 0 amide bonds. The van der Waals surface area contributed by atoms with Gasteiger partial charge < -0.3 is 20.4 Å². The second kappa shape index (κ2) is 5.76. The lowest BCUT2D eigenvalue weighted by Gasteiger charge is -2.08. The summed E-state index contributed by atoms with van der Waals surface area (Å²) in [5.41, 5.74) is 4.83. The second-order valence-electron chi connectivity index (χ2n) is 6.72. The summed E-state index contributed by atoms with van der Waals surface area (Å²) in [4.78, 5) is 4.37. The Morgan fingerprint density at radius 3 is 2.29 bits per heavy atom. The Hall–Kier alpha value is -3.99. The first-order valence-corrected chi connectivity index (χ1v) is 8.72. The molecular weight excluding hydrogens is 354 g/mol. The van der Waals surface area contributed by atoms with Gasteiger partial charge in [-0.25, -0.2) is 0 Å². The van der Waals surface area contributed by atoms with Gasteiger partial charge in [0.2, 0.25) is 0 Å². The Kier molecular flexibility index (Phi) is 3.33. The minimum atomic E-state index is -0.249. The molecule has 1 heterocycles. The minimum absolute atomic E-state index is 0.231. The Morgan fingerprint density at radius 1 is 0.714 bits per heavy atom. The zero-order chi connectivity index (χ0) is 19.4. The van der Waals surface area contributed by atoms with E-state index in [0.717, 1.165) is 16.5 Å². The van der Waals surface area contributed by atoms with E-state index in [9.17, 15) is 20.4 Å². The molecule has 3 aromatic carbocycles. The van der Waals surface area contributed by atoms with Gasteiger partial charge in [-0.2, -0.15) is 0 Å². The number of phenolic OH excluding ortho intramolecular Hbond substituents is 4. The second-order valence-corrected chi connectivity index (χ2v) is 6.72. The number of hydrogen-bond donors (Lipinski definition) is 4. The first-order valence-electron chi connectivity index (χ1n) is 8.72. The van der Waals surface area contributed by atoms with E-state index in [0.29, 0.717) is 27.8 Å². The lowest BCUT2D eigenvalue weighted by Crippen LogP contribution is -1.87. The fourth-order valence-electron chi connectivity index (χ4n) is 3.78. The van der Waals surface area contributed by atoms with E-state index in [1.165, 1.54) is 18.2 Å². The van der Waals surface area contributed by atoms with Gasteiger partial charge in [0.1, 0.15) is 0 Å². The Bertz CT molecular complexity index is 1300. The number of rotatable bonds is 1. The molecule has 1 aliphatic rings. The predicted molar refractivity (Wildman–Crippen MR) is 107 cm³/mol. The molecule has 5 heteroatoms. The lowest BCUT2D eigenvalue weighted by atomic mass is 9.98. The molecular formula is C23H15NO4. The normalized spacial score (nSPS) is 13.6. The molecule has 0 unspecified atom stereocenters. The standard InChI is InChI=1S/C23H15NO4/c25-19-6-5-14-15-10-20(26)21(27)11-16(15)17(22(14)23(19)28)9-12-7-8-24-18-4-2-1-3-13(12)18/h1-11,25-28H/b17-9+. The molecule has 28 heavy (non-hydrogen) atoms. The summed E-state index contributed by atoms with van der Waals surface area (Å²) < 4.78 is 0. The lowest BCUT2D eigenvalue weighted by molar-refractivity contribution is 0.403. The van der Waals surface area contributed by atoms with Crippen molar-refractivity contribution in [2.75, 3.05) is 0 Å². The number of phenols is 4. The van der Waals surface area contributed by atoms with E-state index in [1.54, 1.807) is 12.3 Å². The van der Waals surface area contributed by atoms with E-state index in [1.807, 2.05) is 36.4 Å². The molecule has 0 atom stereocenters. The van der Waals surface area contributed by atoms with Crippen LogP contribution < -0.4 is 0 Å². The van der Waals surface area contributed by atoms with Crippen LogP contribution in [0.15, 0.2) is 60.8 Å². The highest BCUT2D eigenvalue weighted by atomic mass is 16.3. The number of aromatic hydroxyl groups is 4. The molecule has 0 saturated carbocycles. The molecule has 5 nitrogen and oxygen atoms in total. The highest BCUT2D eigenvalue weighted by Gasteiger charge is 2.29. The van der Waals surface area contributed by atoms with E-state index in [-0.39, 0.29) is 23.0 Å². The topological polar surface area (TPSA) is 93.8 Å². The van der Waals surface area contributed by atoms with E-state index in [2.05, 4.69) is 4.98 Å². The summed E-state index contributed by atoms with van der Waals surface area (Å²) in [6.07, 6.45) is 3.60. The quantitative estimate of drug-likeness (QED) is 0.323. The third-order valence-corrected chi connectivity index (χ3v) is 5.10. The van der Waals surface area contributed by atoms with Gasteiger partial charge in [0.15, 0.2) is 23.0 Å². The predicted octanol–water partition coefficient (Wildman–Crippen LogP) is 4.63. The number of hydrogen-bond acceptors (Lipinski definition) is 5. The first-order chi connectivity index (χ1) is 13.5. The zero-order valence-electron chi connectivity index (χ0n) is 14.6. The van der Waals surface area contributed by atoms with Crippen molar-refractivity contribution in [2.24, 2.45) is 0 Å². The van der Waals surface area contributed by atoms with Crippen LogP contribution in [0.1, 0.15) is 16.7 Å². The average Bonchev–Trinajstić information content (AvgIpc) is 2.99. The molecule has 0 spiro atoms. The summed E-state index contributed by atoms with van der Waals surface area (Å²) >= 11 is 0. The van der Waals surface area contributed by atoms with Crippen LogP contribution in [0.25, 0.3) is 33.7 Å². The van der Waals surface area contributed by atoms with Crippen molar-refractivity contribution in [1.29, 1.82) is 0 Å². The third kappa shape index (κ3) is 2.23. The van der Waals surface area contributed by atoms with Crippen molar-refractivity contribution in [3.8, 4) is 34.1 Å². The molecule has 0 bridgehead atoms. The van der Waals surface area contributed by atoms with Crippen LogP contribution in [0.4, 0.5) is 0 Å². The molecule has 0 radical (unpaired) electrons. The summed E-state index contributed by atoms with van der Waals surface area (Å²) in [5.74, 6) is -0.962. The van der Waals surface area contributed by atoms with Crippen molar-refractivity contribution in [3.05, 3.63) is 77.5 Å². The molecule has 0 aliphatic heterocycles. The van der Waals surface area contributed by atoms with E-state index < -0.39 is 0 Å². The first kappa shape index (κ1) is 16.2. The number of fused-ring (bicyclic) bond motifs is 4. The molecule has 5 rings (SSSR count). The molecule has 0 fully saturated rings. The SMILES string of the molecule is Oc1cc2c(cc1O)-c1ccc(O)c(O)c1/C2=C/c1ccnc2ccccc12. The van der Waals surface area contributed by atoms with Crippen LogP contribution in [0.2, 0.25) is 0 Å². The molecule has 1 aliphatic carbocycles. The van der Waals surface area contributed by atoms with Crippen LogP contribution in [0.3, 0.4) is 0 Å². The summed E-state index contributed by atoms with van der Waals surface area (Å²) in [6, 6.07) is 15.6. The van der Waals surface area contributed by atoms with E-state index >= 15 is 0 Å². The molecule has 4 aromatic rings. The summed E-state index contributed by atoms with van der Waals surface area (Å²) in [6.45, 7) is 0. The van der Waals surface area contributed by atoms with Gasteiger partial charge in [-0.05, 0) is 70.3 Å². The summed E-state index contributed by atoms with van der Waals surface area (Å²) in [7, 11) is 0. The monoisotopic (exact) mass is 369 g/mol. The molecule has 136 valence electrons. The average molecular weight is 369 g/mol. The number of nitrogens with zero attached hydrogens (tertiary/aromatic N) is 1. The maximum Gasteiger partial charge on any atom is 0.166 e. The van der Waals surface area contributed by atoms with Crippen LogP contribution in [0.5, 0.6) is 23.0 Å². The van der Waals surface area contributed by atoms with Crippen molar-refractivity contribution in [3.63, 3.8) is 0 Å². The van der Waals surface area contributed by atoms with Gasteiger partial charge in [-0.1, -0.05) is 18.2 Å². The van der Waals surface area contributed by atoms with Gasteiger partial charge in [0, 0.05) is 17.1 Å². The minimum Gasteiger partial charge on any atom is -0.504 e. The van der Waals surface area contributed by atoms with Crippen LogP contribution in [-0.2, 0) is 0 Å². The largest absolute Gasteiger partial charge is 0.504 e. The van der Waals surface area contributed by atoms with Gasteiger partial charge in [-0.15, -0.1) is 0 Å². The van der Waals surface area contributed by atoms with Crippen LogP contribution >= 0.6 is 0 Å². The maximum atomic E-state index is 10.6. The highest BCUT2D eigenvalue weighted by molar-refractivity contribution is 6.10. The zero-order valence-corrected chi connectivity index (χ0v) is 14.6. The Morgan fingerprint density at radius 2 is 1.46 bits per heavy atom.